The van der Waals surface area contributed by atoms with Crippen molar-refractivity contribution in [2.75, 3.05) is 0 Å². The molecular weight excluding hydrogens is 352 g/mol. The van der Waals surface area contributed by atoms with Gasteiger partial charge in [-0.05, 0) is 35.0 Å². The van der Waals surface area contributed by atoms with Crippen molar-refractivity contribution in [3.8, 4) is 0 Å². The van der Waals surface area contributed by atoms with Crippen LogP contribution in [-0.2, 0) is 11.3 Å². The van der Waals surface area contributed by atoms with E-state index < -0.39 is 0 Å². The number of rotatable bonds is 2. The minimum Gasteiger partial charge on any atom is -0.298 e. The molecule has 0 atom stereocenters. The third-order valence-corrected chi connectivity index (χ3v) is 3.30. The molecule has 0 amide bonds. The summed E-state index contributed by atoms with van der Waals surface area (Å²) in [4.78, 5) is 27.3. The molecule has 0 bridgehead atoms. The van der Waals surface area contributed by atoms with E-state index in [2.05, 4.69) is 36.8 Å². The van der Waals surface area contributed by atoms with Crippen LogP contribution in [-0.4, -0.2) is 15.3 Å². The molecule has 4 nitrogen and oxygen atoms in total. The second kappa shape index (κ2) is 4.70. The molecular formula is C11H8Br2N2O2. The Labute approximate surface area is 114 Å². The third-order valence-electron chi connectivity index (χ3n) is 2.24. The molecule has 0 aliphatic heterocycles. The molecule has 2 rings (SSSR count). The van der Waals surface area contributed by atoms with E-state index in [1.807, 2.05) is 6.07 Å². The van der Waals surface area contributed by atoms with Gasteiger partial charge in [0.05, 0.1) is 23.8 Å². The molecule has 0 saturated heterocycles. The van der Waals surface area contributed by atoms with Crippen LogP contribution < -0.4 is 5.56 Å². The smallest absolute Gasteiger partial charge is 0.261 e. The molecule has 1 aromatic carbocycles. The summed E-state index contributed by atoms with van der Waals surface area (Å²) in [7, 11) is 0. The molecule has 0 spiro atoms. The Hall–Kier alpha value is -1.01. The number of carbonyl (C=O) groups excluding carboxylic acids is 1. The predicted molar refractivity (Wildman–Crippen MR) is 72.1 cm³/mol. The van der Waals surface area contributed by atoms with Gasteiger partial charge in [-0.1, -0.05) is 15.9 Å². The fourth-order valence-corrected chi connectivity index (χ4v) is 2.87. The summed E-state index contributed by atoms with van der Waals surface area (Å²) < 4.78 is 2.84. The Morgan fingerprint density at radius 3 is 2.76 bits per heavy atom. The molecule has 0 aliphatic rings. The maximum Gasteiger partial charge on any atom is 0.261 e. The standard InChI is InChI=1S/C11H8Br2N2O2/c1-6(16)4-15-5-14-10-8(11(15)17)2-7(12)3-9(10)13/h2-3,5H,4H2,1H3. The summed E-state index contributed by atoms with van der Waals surface area (Å²) in [6.07, 6.45) is 1.39. The molecule has 0 fully saturated rings. The van der Waals surface area contributed by atoms with Crippen molar-refractivity contribution in [1.82, 2.24) is 9.55 Å². The van der Waals surface area contributed by atoms with Gasteiger partial charge in [0.2, 0.25) is 0 Å². The number of ketones is 1. The highest BCUT2D eigenvalue weighted by Gasteiger charge is 2.09. The first-order valence-electron chi connectivity index (χ1n) is 4.82. The number of benzene rings is 1. The van der Waals surface area contributed by atoms with Gasteiger partial charge in [0.15, 0.2) is 0 Å². The monoisotopic (exact) mass is 358 g/mol. The number of fused-ring (bicyclic) bond motifs is 1. The van der Waals surface area contributed by atoms with E-state index in [0.29, 0.717) is 10.9 Å². The van der Waals surface area contributed by atoms with Gasteiger partial charge in [-0.15, -0.1) is 0 Å². The van der Waals surface area contributed by atoms with E-state index in [4.69, 9.17) is 0 Å². The van der Waals surface area contributed by atoms with Crippen LogP contribution in [0.15, 0.2) is 32.2 Å². The first-order chi connectivity index (χ1) is 7.99. The van der Waals surface area contributed by atoms with Crippen LogP contribution in [0.1, 0.15) is 6.92 Å². The second-order valence-corrected chi connectivity index (χ2v) is 5.43. The van der Waals surface area contributed by atoms with Gasteiger partial charge in [-0.3, -0.25) is 14.2 Å². The van der Waals surface area contributed by atoms with Crippen molar-refractivity contribution in [2.45, 2.75) is 13.5 Å². The van der Waals surface area contributed by atoms with Crippen LogP contribution >= 0.6 is 31.9 Å². The van der Waals surface area contributed by atoms with E-state index in [0.717, 1.165) is 8.95 Å². The van der Waals surface area contributed by atoms with Crippen LogP contribution in [0, 0.1) is 0 Å². The molecule has 6 heteroatoms. The van der Waals surface area contributed by atoms with Crippen molar-refractivity contribution in [3.63, 3.8) is 0 Å². The number of halogens is 2. The van der Waals surface area contributed by atoms with Gasteiger partial charge in [0, 0.05) is 8.95 Å². The highest BCUT2D eigenvalue weighted by molar-refractivity contribution is 9.11. The van der Waals surface area contributed by atoms with E-state index in [9.17, 15) is 9.59 Å². The number of Topliss-reactive ketones (excluding diaryl/α,β-unsaturated/α-hetero) is 1. The quantitative estimate of drug-likeness (QED) is 0.827. The minimum atomic E-state index is -0.216. The highest BCUT2D eigenvalue weighted by Crippen LogP contribution is 2.24. The largest absolute Gasteiger partial charge is 0.298 e. The SMILES string of the molecule is CC(=O)Cn1cnc2c(Br)cc(Br)cc2c1=O. The maximum absolute atomic E-state index is 12.1. The molecule has 1 heterocycles. The van der Waals surface area contributed by atoms with Crippen molar-refractivity contribution in [2.24, 2.45) is 0 Å². The number of hydrogen-bond acceptors (Lipinski definition) is 3. The van der Waals surface area contributed by atoms with Crippen molar-refractivity contribution in [3.05, 3.63) is 37.8 Å². The van der Waals surface area contributed by atoms with Crippen molar-refractivity contribution >= 4 is 48.5 Å². The molecule has 1 aromatic heterocycles. The fourth-order valence-electron chi connectivity index (χ4n) is 1.55. The lowest BCUT2D eigenvalue weighted by molar-refractivity contribution is -0.117. The van der Waals surface area contributed by atoms with Gasteiger partial charge in [0.1, 0.15) is 5.78 Å². The molecule has 0 saturated carbocycles. The molecule has 17 heavy (non-hydrogen) atoms. The average molecular weight is 360 g/mol. The average Bonchev–Trinajstić information content (AvgIpc) is 2.22. The number of hydrogen-bond donors (Lipinski definition) is 0. The normalized spacial score (nSPS) is 10.8. The van der Waals surface area contributed by atoms with Crippen LogP contribution in [0.5, 0.6) is 0 Å². The Morgan fingerprint density at radius 1 is 1.41 bits per heavy atom. The van der Waals surface area contributed by atoms with Gasteiger partial charge in [-0.25, -0.2) is 4.98 Å². The van der Waals surface area contributed by atoms with Crippen molar-refractivity contribution < 1.29 is 4.79 Å². The van der Waals surface area contributed by atoms with Gasteiger partial charge in [0.25, 0.3) is 5.56 Å². The Morgan fingerprint density at radius 2 is 2.12 bits per heavy atom. The van der Waals surface area contributed by atoms with Crippen LogP contribution in [0.25, 0.3) is 10.9 Å². The van der Waals surface area contributed by atoms with E-state index >= 15 is 0 Å². The fraction of sp³-hybridized carbons (Fsp3) is 0.182. The molecule has 88 valence electrons. The summed E-state index contributed by atoms with van der Waals surface area (Å²) in [6.45, 7) is 1.49. The first-order valence-corrected chi connectivity index (χ1v) is 6.41. The lowest BCUT2D eigenvalue weighted by Gasteiger charge is -2.05. The third kappa shape index (κ3) is 2.47. The number of carbonyl (C=O) groups is 1. The molecule has 0 unspecified atom stereocenters. The zero-order valence-corrected chi connectivity index (χ0v) is 12.1. The van der Waals surface area contributed by atoms with E-state index in [1.54, 1.807) is 6.07 Å². The van der Waals surface area contributed by atoms with E-state index in [1.165, 1.54) is 17.8 Å². The number of aromatic nitrogens is 2. The Balaban J connectivity index is 2.75. The summed E-state index contributed by atoms with van der Waals surface area (Å²) in [5.74, 6) is -0.0812. The molecule has 2 aromatic rings. The van der Waals surface area contributed by atoms with Gasteiger partial charge < -0.3 is 0 Å². The van der Waals surface area contributed by atoms with Crippen LogP contribution in [0.4, 0.5) is 0 Å². The zero-order chi connectivity index (χ0) is 12.6. The van der Waals surface area contributed by atoms with Crippen LogP contribution in [0.3, 0.4) is 0 Å². The Kier molecular flexibility index (Phi) is 3.44. The number of nitrogens with zero attached hydrogens (tertiary/aromatic N) is 2. The summed E-state index contributed by atoms with van der Waals surface area (Å²) >= 11 is 6.67. The molecule has 0 radical (unpaired) electrons. The topological polar surface area (TPSA) is 52.0 Å². The van der Waals surface area contributed by atoms with Gasteiger partial charge >= 0.3 is 0 Å². The van der Waals surface area contributed by atoms with E-state index in [-0.39, 0.29) is 17.9 Å². The maximum atomic E-state index is 12.1. The molecule has 0 N–H and O–H groups in total. The summed E-state index contributed by atoms with van der Waals surface area (Å²) in [5.41, 5.74) is 0.380. The lowest BCUT2D eigenvalue weighted by atomic mass is 10.2. The van der Waals surface area contributed by atoms with Crippen LogP contribution in [0.2, 0.25) is 0 Å². The zero-order valence-electron chi connectivity index (χ0n) is 8.91. The lowest BCUT2D eigenvalue weighted by Crippen LogP contribution is -2.23. The van der Waals surface area contributed by atoms with Crippen molar-refractivity contribution in [1.29, 1.82) is 0 Å². The minimum absolute atomic E-state index is 0.0475. The molecule has 0 aliphatic carbocycles. The second-order valence-electron chi connectivity index (χ2n) is 3.66. The van der Waals surface area contributed by atoms with Gasteiger partial charge in [-0.2, -0.15) is 0 Å². The summed E-state index contributed by atoms with van der Waals surface area (Å²) in [5, 5.41) is 0.481. The Bertz CT molecular complexity index is 664. The summed E-state index contributed by atoms with van der Waals surface area (Å²) in [6, 6.07) is 3.52. The first kappa shape index (κ1) is 12.4. The predicted octanol–water partition coefficient (Wildman–Crippen LogP) is 2.51. The highest BCUT2D eigenvalue weighted by atomic mass is 79.9.